The second kappa shape index (κ2) is 9.33. The Bertz CT molecular complexity index is 872. The fourth-order valence-corrected chi connectivity index (χ4v) is 2.79. The van der Waals surface area contributed by atoms with Crippen LogP contribution >= 0.6 is 0 Å². The van der Waals surface area contributed by atoms with Crippen LogP contribution in [0.4, 0.5) is 5.82 Å². The monoisotopic (exact) mass is 399 g/mol. The maximum Gasteiger partial charge on any atom is 0.272 e. The minimum Gasteiger partial charge on any atom is -0.378 e. The van der Waals surface area contributed by atoms with Crippen LogP contribution in [0.3, 0.4) is 0 Å². The standard InChI is InChI=1S/C20H25N5O4/c1-14(2)19(27)22-17-12-16(23-25(17)15-6-4-3-5-7-15)20(28)21-13-18(26)24-8-10-29-11-9-24/h3-7,12,14H,8-11,13H2,1-2H3,(H,21,28)(H,22,27). The van der Waals surface area contributed by atoms with Crippen molar-refractivity contribution in [1.82, 2.24) is 20.0 Å². The predicted octanol–water partition coefficient (Wildman–Crippen LogP) is 1.06. The first kappa shape index (κ1) is 20.5. The molecule has 0 atom stereocenters. The Hall–Kier alpha value is -3.20. The largest absolute Gasteiger partial charge is 0.378 e. The van der Waals surface area contributed by atoms with Gasteiger partial charge in [-0.2, -0.15) is 5.10 Å². The van der Waals surface area contributed by atoms with Crippen molar-refractivity contribution in [3.8, 4) is 5.69 Å². The first-order valence-corrected chi connectivity index (χ1v) is 9.56. The molecule has 1 aliphatic heterocycles. The maximum absolute atomic E-state index is 12.6. The Kier molecular flexibility index (Phi) is 6.61. The van der Waals surface area contributed by atoms with Crippen LogP contribution in [0.15, 0.2) is 36.4 Å². The third-order valence-corrected chi connectivity index (χ3v) is 4.48. The highest BCUT2D eigenvalue weighted by Crippen LogP contribution is 2.18. The number of anilines is 1. The molecule has 2 heterocycles. The molecule has 0 aliphatic carbocycles. The van der Waals surface area contributed by atoms with Gasteiger partial charge in [0, 0.05) is 25.1 Å². The lowest BCUT2D eigenvalue weighted by Crippen LogP contribution is -2.45. The number of amides is 3. The van der Waals surface area contributed by atoms with Gasteiger partial charge in [-0.15, -0.1) is 0 Å². The summed E-state index contributed by atoms with van der Waals surface area (Å²) in [6.45, 7) is 5.48. The first-order valence-electron chi connectivity index (χ1n) is 9.56. The lowest BCUT2D eigenvalue weighted by molar-refractivity contribution is -0.134. The molecule has 0 bridgehead atoms. The molecule has 1 aromatic carbocycles. The summed E-state index contributed by atoms with van der Waals surface area (Å²) in [7, 11) is 0. The van der Waals surface area contributed by atoms with Crippen molar-refractivity contribution in [2.45, 2.75) is 13.8 Å². The number of hydrogen-bond donors (Lipinski definition) is 2. The van der Waals surface area contributed by atoms with Gasteiger partial charge in [0.1, 0.15) is 5.82 Å². The molecule has 154 valence electrons. The van der Waals surface area contributed by atoms with Crippen molar-refractivity contribution < 1.29 is 19.1 Å². The Balaban J connectivity index is 1.74. The van der Waals surface area contributed by atoms with E-state index < -0.39 is 5.91 Å². The van der Waals surface area contributed by atoms with Crippen LogP contribution in [0.2, 0.25) is 0 Å². The summed E-state index contributed by atoms with van der Waals surface area (Å²) < 4.78 is 6.72. The van der Waals surface area contributed by atoms with E-state index in [-0.39, 0.29) is 30.0 Å². The summed E-state index contributed by atoms with van der Waals surface area (Å²) in [6, 6.07) is 10.7. The Morgan fingerprint density at radius 3 is 2.48 bits per heavy atom. The zero-order valence-electron chi connectivity index (χ0n) is 16.6. The van der Waals surface area contributed by atoms with Crippen molar-refractivity contribution in [3.63, 3.8) is 0 Å². The smallest absolute Gasteiger partial charge is 0.272 e. The van der Waals surface area contributed by atoms with Crippen molar-refractivity contribution in [2.24, 2.45) is 5.92 Å². The van der Waals surface area contributed by atoms with Crippen molar-refractivity contribution in [3.05, 3.63) is 42.1 Å². The van der Waals surface area contributed by atoms with E-state index in [1.807, 2.05) is 30.3 Å². The number of carbonyl (C=O) groups excluding carboxylic acids is 3. The van der Waals surface area contributed by atoms with E-state index in [0.717, 1.165) is 0 Å². The van der Waals surface area contributed by atoms with E-state index in [1.54, 1.807) is 18.7 Å². The molecule has 29 heavy (non-hydrogen) atoms. The molecular formula is C20H25N5O4. The van der Waals surface area contributed by atoms with Gasteiger partial charge in [-0.1, -0.05) is 32.0 Å². The lowest BCUT2D eigenvalue weighted by Gasteiger charge is -2.26. The summed E-state index contributed by atoms with van der Waals surface area (Å²) in [6.07, 6.45) is 0. The van der Waals surface area contributed by atoms with Crippen LogP contribution in [0, 0.1) is 5.92 Å². The molecule has 9 heteroatoms. The van der Waals surface area contributed by atoms with Crippen LogP contribution in [-0.2, 0) is 14.3 Å². The van der Waals surface area contributed by atoms with Crippen LogP contribution < -0.4 is 10.6 Å². The molecule has 1 fully saturated rings. The van der Waals surface area contributed by atoms with Gasteiger partial charge in [-0.05, 0) is 12.1 Å². The molecule has 9 nitrogen and oxygen atoms in total. The molecule has 1 aliphatic rings. The molecule has 3 amide bonds. The van der Waals surface area contributed by atoms with E-state index in [9.17, 15) is 14.4 Å². The van der Waals surface area contributed by atoms with Gasteiger partial charge in [0.05, 0.1) is 25.4 Å². The van der Waals surface area contributed by atoms with E-state index in [1.165, 1.54) is 10.7 Å². The number of hydrogen-bond acceptors (Lipinski definition) is 5. The van der Waals surface area contributed by atoms with E-state index >= 15 is 0 Å². The zero-order valence-corrected chi connectivity index (χ0v) is 16.6. The normalized spacial score (nSPS) is 14.0. The Morgan fingerprint density at radius 1 is 1.14 bits per heavy atom. The zero-order chi connectivity index (χ0) is 20.8. The van der Waals surface area contributed by atoms with Gasteiger partial charge in [-0.25, -0.2) is 4.68 Å². The van der Waals surface area contributed by atoms with E-state index in [4.69, 9.17) is 4.74 Å². The molecule has 0 unspecified atom stereocenters. The molecular weight excluding hydrogens is 374 g/mol. The van der Waals surface area contributed by atoms with Crippen LogP contribution in [-0.4, -0.2) is 65.2 Å². The molecule has 1 saturated heterocycles. The summed E-state index contributed by atoms with van der Waals surface area (Å²) >= 11 is 0. The summed E-state index contributed by atoms with van der Waals surface area (Å²) in [5.74, 6) is -0.674. The number of benzene rings is 1. The lowest BCUT2D eigenvalue weighted by atomic mass is 10.2. The van der Waals surface area contributed by atoms with Gasteiger partial charge in [0.2, 0.25) is 11.8 Å². The number of nitrogens with one attached hydrogen (secondary N) is 2. The number of ether oxygens (including phenoxy) is 1. The SMILES string of the molecule is CC(C)C(=O)Nc1cc(C(=O)NCC(=O)N2CCOCC2)nn1-c1ccccc1. The topological polar surface area (TPSA) is 106 Å². The first-order chi connectivity index (χ1) is 14.0. The maximum atomic E-state index is 12.6. The van der Waals surface area contributed by atoms with Gasteiger partial charge in [0.15, 0.2) is 5.69 Å². The van der Waals surface area contributed by atoms with Gasteiger partial charge < -0.3 is 20.3 Å². The second-order valence-corrected chi connectivity index (χ2v) is 6.98. The highest BCUT2D eigenvalue weighted by molar-refractivity contribution is 5.97. The minimum atomic E-state index is -0.485. The minimum absolute atomic E-state index is 0.114. The van der Waals surface area contributed by atoms with Gasteiger partial charge in [0.25, 0.3) is 5.91 Å². The molecule has 3 rings (SSSR count). The fraction of sp³-hybridized carbons (Fsp3) is 0.400. The molecule has 2 N–H and O–H groups in total. The summed E-state index contributed by atoms with van der Waals surface area (Å²) in [5, 5.41) is 9.73. The molecule has 1 aromatic heterocycles. The Morgan fingerprint density at radius 2 is 1.83 bits per heavy atom. The third kappa shape index (κ3) is 5.20. The molecule has 2 aromatic rings. The Labute approximate surface area is 169 Å². The average molecular weight is 399 g/mol. The van der Waals surface area contributed by atoms with Crippen LogP contribution in [0.25, 0.3) is 5.69 Å². The van der Waals surface area contributed by atoms with Crippen LogP contribution in [0.1, 0.15) is 24.3 Å². The van der Waals surface area contributed by atoms with Crippen molar-refractivity contribution in [1.29, 1.82) is 0 Å². The molecule has 0 radical (unpaired) electrons. The van der Waals surface area contributed by atoms with E-state index in [0.29, 0.717) is 37.8 Å². The predicted molar refractivity (Wildman–Crippen MR) is 107 cm³/mol. The highest BCUT2D eigenvalue weighted by Gasteiger charge is 2.21. The van der Waals surface area contributed by atoms with Crippen LogP contribution in [0.5, 0.6) is 0 Å². The highest BCUT2D eigenvalue weighted by atomic mass is 16.5. The number of morpholine rings is 1. The summed E-state index contributed by atoms with van der Waals surface area (Å²) in [4.78, 5) is 38.6. The fourth-order valence-electron chi connectivity index (χ4n) is 2.79. The van der Waals surface area contributed by atoms with E-state index in [2.05, 4.69) is 15.7 Å². The quantitative estimate of drug-likeness (QED) is 0.756. The third-order valence-electron chi connectivity index (χ3n) is 4.48. The second-order valence-electron chi connectivity index (χ2n) is 6.98. The number of para-hydroxylation sites is 1. The van der Waals surface area contributed by atoms with Gasteiger partial charge >= 0.3 is 0 Å². The number of nitrogens with zero attached hydrogens (tertiary/aromatic N) is 3. The summed E-state index contributed by atoms with van der Waals surface area (Å²) in [5.41, 5.74) is 0.817. The molecule has 0 spiro atoms. The number of aromatic nitrogens is 2. The number of rotatable bonds is 6. The van der Waals surface area contributed by atoms with Crippen molar-refractivity contribution in [2.75, 3.05) is 38.2 Å². The molecule has 0 saturated carbocycles. The number of carbonyl (C=O) groups is 3. The van der Waals surface area contributed by atoms with Crippen molar-refractivity contribution >= 4 is 23.5 Å². The van der Waals surface area contributed by atoms with Gasteiger partial charge in [-0.3, -0.25) is 14.4 Å². The average Bonchev–Trinajstić information content (AvgIpc) is 3.16.